The summed E-state index contributed by atoms with van der Waals surface area (Å²) in [7, 11) is -4.32. The predicted octanol–water partition coefficient (Wildman–Crippen LogP) is 0.586. The van der Waals surface area contributed by atoms with Crippen LogP contribution in [0.5, 0.6) is 0 Å². The van der Waals surface area contributed by atoms with Crippen LogP contribution in [0.3, 0.4) is 0 Å². The minimum atomic E-state index is -4.32. The van der Waals surface area contributed by atoms with Crippen molar-refractivity contribution >= 4 is 34.0 Å². The predicted molar refractivity (Wildman–Crippen MR) is 130 cm³/mol. The maximum absolute atomic E-state index is 13.5. The summed E-state index contributed by atoms with van der Waals surface area (Å²) in [6.45, 7) is 5.70. The Labute approximate surface area is 211 Å². The lowest BCUT2D eigenvalue weighted by molar-refractivity contribution is -0.146. The molecule has 0 aromatic rings. The number of hydrogen-bond acceptors (Lipinski definition) is 7. The van der Waals surface area contributed by atoms with Crippen LogP contribution in [0.15, 0.2) is 12.2 Å². The van der Waals surface area contributed by atoms with Crippen LogP contribution in [0.2, 0.25) is 0 Å². The molecule has 1 saturated carbocycles. The van der Waals surface area contributed by atoms with E-state index in [-0.39, 0.29) is 6.42 Å². The fourth-order valence-electron chi connectivity index (χ4n) is 4.72. The highest BCUT2D eigenvalue weighted by Gasteiger charge is 2.61. The summed E-state index contributed by atoms with van der Waals surface area (Å²) >= 11 is 0. The molecule has 2 heterocycles. The standard InChI is InChI=1S/C23H37N5O7S/c1-22(2,3)26-21(32)35-17-12-8-6-4-5-7-10-15-14-23(15,20(31)27-36(24,33)34)25-18(29)16-11-9-13-28(16)19(17)30/h7,10,15-17H,4-6,8-9,11-14H2,1-3H3,(H,25,29)(H,26,32)(H,27,31)(H2,24,33,34)/t15-,16+,17+,23-/m1/s1. The molecule has 3 rings (SSSR count). The van der Waals surface area contributed by atoms with Gasteiger partial charge in [-0.2, -0.15) is 8.42 Å². The quantitative estimate of drug-likeness (QED) is 0.388. The highest BCUT2D eigenvalue weighted by molar-refractivity contribution is 7.87. The fourth-order valence-corrected chi connectivity index (χ4v) is 5.16. The lowest BCUT2D eigenvalue weighted by Crippen LogP contribution is -2.58. The van der Waals surface area contributed by atoms with Crippen molar-refractivity contribution in [2.45, 2.75) is 95.4 Å². The summed E-state index contributed by atoms with van der Waals surface area (Å²) < 4.78 is 30.2. The maximum Gasteiger partial charge on any atom is 0.408 e. The van der Waals surface area contributed by atoms with Gasteiger partial charge >= 0.3 is 6.09 Å². The van der Waals surface area contributed by atoms with Crippen molar-refractivity contribution < 1.29 is 32.3 Å². The molecule has 4 amide bonds. The second-order valence-electron chi connectivity index (χ2n) is 10.8. The van der Waals surface area contributed by atoms with Gasteiger partial charge in [0, 0.05) is 18.0 Å². The van der Waals surface area contributed by atoms with Crippen molar-refractivity contribution in [3.8, 4) is 0 Å². The van der Waals surface area contributed by atoms with Crippen LogP contribution in [0.1, 0.15) is 72.1 Å². The summed E-state index contributed by atoms with van der Waals surface area (Å²) in [5, 5.41) is 10.4. The van der Waals surface area contributed by atoms with Gasteiger partial charge in [0.15, 0.2) is 6.10 Å². The Bertz CT molecular complexity index is 1020. The van der Waals surface area contributed by atoms with Crippen LogP contribution in [0, 0.1) is 5.92 Å². The molecule has 0 unspecified atom stereocenters. The van der Waals surface area contributed by atoms with Crippen LogP contribution in [-0.4, -0.2) is 66.9 Å². The monoisotopic (exact) mass is 527 g/mol. The first-order valence-electron chi connectivity index (χ1n) is 12.3. The summed E-state index contributed by atoms with van der Waals surface area (Å²) in [6.07, 6.45) is 6.39. The van der Waals surface area contributed by atoms with Crippen LogP contribution in [0.4, 0.5) is 4.79 Å². The Hall–Kier alpha value is -2.67. The first-order chi connectivity index (χ1) is 16.7. The van der Waals surface area contributed by atoms with E-state index in [4.69, 9.17) is 9.88 Å². The number of amides is 4. The van der Waals surface area contributed by atoms with Gasteiger partial charge in [-0.1, -0.05) is 18.6 Å². The smallest absolute Gasteiger partial charge is 0.408 e. The largest absolute Gasteiger partial charge is 0.436 e. The first-order valence-corrected chi connectivity index (χ1v) is 13.9. The van der Waals surface area contributed by atoms with Gasteiger partial charge in [0.2, 0.25) is 5.91 Å². The molecule has 202 valence electrons. The van der Waals surface area contributed by atoms with Crippen molar-refractivity contribution in [1.29, 1.82) is 0 Å². The van der Waals surface area contributed by atoms with Crippen molar-refractivity contribution in [2.75, 3.05) is 6.54 Å². The van der Waals surface area contributed by atoms with Crippen molar-refractivity contribution in [1.82, 2.24) is 20.3 Å². The summed E-state index contributed by atoms with van der Waals surface area (Å²) in [6, 6.07) is -0.871. The molecule has 2 fully saturated rings. The average molecular weight is 528 g/mol. The molecule has 0 radical (unpaired) electrons. The zero-order chi connectivity index (χ0) is 26.7. The molecule has 5 N–H and O–H groups in total. The zero-order valence-corrected chi connectivity index (χ0v) is 21.9. The van der Waals surface area contributed by atoms with Gasteiger partial charge in [-0.05, 0) is 65.7 Å². The molecule has 4 atom stereocenters. The number of nitrogens with one attached hydrogen (secondary N) is 3. The molecule has 1 saturated heterocycles. The van der Waals surface area contributed by atoms with Gasteiger partial charge in [0.25, 0.3) is 22.0 Å². The Kier molecular flexibility index (Phi) is 8.33. The highest BCUT2D eigenvalue weighted by Crippen LogP contribution is 2.45. The Balaban J connectivity index is 1.83. The van der Waals surface area contributed by atoms with E-state index < -0.39 is 63.2 Å². The number of alkyl carbamates (subject to hydrolysis) is 1. The van der Waals surface area contributed by atoms with E-state index in [1.165, 1.54) is 4.90 Å². The van der Waals surface area contributed by atoms with E-state index in [1.807, 2.05) is 12.2 Å². The summed E-state index contributed by atoms with van der Waals surface area (Å²) in [5.74, 6) is -2.32. The number of fused-ring (bicyclic) bond motifs is 2. The molecule has 0 aromatic heterocycles. The van der Waals surface area contributed by atoms with Gasteiger partial charge in [-0.3, -0.25) is 14.4 Å². The molecule has 1 aliphatic carbocycles. The molecular formula is C23H37N5O7S. The second-order valence-corrected chi connectivity index (χ2v) is 12.1. The molecule has 12 nitrogen and oxygen atoms in total. The van der Waals surface area contributed by atoms with E-state index in [0.29, 0.717) is 38.6 Å². The van der Waals surface area contributed by atoms with E-state index >= 15 is 0 Å². The summed E-state index contributed by atoms with van der Waals surface area (Å²) in [5.41, 5.74) is -2.00. The van der Waals surface area contributed by atoms with E-state index in [0.717, 1.165) is 12.8 Å². The molecule has 13 heteroatoms. The summed E-state index contributed by atoms with van der Waals surface area (Å²) in [4.78, 5) is 53.4. The molecule has 3 aliphatic rings. The second kappa shape index (κ2) is 10.8. The lowest BCUT2D eigenvalue weighted by atomic mass is 10.1. The van der Waals surface area contributed by atoms with Crippen LogP contribution in [0.25, 0.3) is 0 Å². The SMILES string of the molecule is CC(C)(C)NC(=O)O[C@H]1CCCCCC=C[C@@H]2C[C@@]2(C(=O)NS(N)(=O)=O)NC(=O)[C@@H]2CCCN2C1=O. The van der Waals surface area contributed by atoms with Gasteiger partial charge in [-0.25, -0.2) is 14.7 Å². The number of hydrogen-bond donors (Lipinski definition) is 4. The van der Waals surface area contributed by atoms with Crippen molar-refractivity contribution in [3.05, 3.63) is 12.2 Å². The third-order valence-corrected chi connectivity index (χ3v) is 7.02. The van der Waals surface area contributed by atoms with Gasteiger partial charge in [-0.15, -0.1) is 0 Å². The van der Waals surface area contributed by atoms with E-state index in [9.17, 15) is 27.6 Å². The fraction of sp³-hybridized carbons (Fsp3) is 0.739. The molecule has 0 spiro atoms. The van der Waals surface area contributed by atoms with Gasteiger partial charge in [0.05, 0.1) is 0 Å². The highest BCUT2D eigenvalue weighted by atomic mass is 32.2. The average Bonchev–Trinajstić information content (AvgIpc) is 3.20. The number of carbonyl (C=O) groups excluding carboxylic acids is 4. The van der Waals surface area contributed by atoms with Gasteiger partial charge in [0.1, 0.15) is 11.6 Å². The molecule has 0 bridgehead atoms. The van der Waals surface area contributed by atoms with Gasteiger partial charge < -0.3 is 20.3 Å². The minimum Gasteiger partial charge on any atom is -0.436 e. The molecule has 0 aromatic carbocycles. The number of nitrogens with zero attached hydrogens (tertiary/aromatic N) is 1. The van der Waals surface area contributed by atoms with Crippen LogP contribution in [-0.2, 0) is 29.3 Å². The molecule has 36 heavy (non-hydrogen) atoms. The van der Waals surface area contributed by atoms with Crippen LogP contribution >= 0.6 is 0 Å². The third kappa shape index (κ3) is 7.19. The van der Waals surface area contributed by atoms with E-state index in [2.05, 4.69) is 10.6 Å². The Morgan fingerprint density at radius 1 is 1.17 bits per heavy atom. The zero-order valence-electron chi connectivity index (χ0n) is 21.0. The number of allylic oxidation sites excluding steroid dienone is 1. The molecule has 2 aliphatic heterocycles. The molecular weight excluding hydrogens is 490 g/mol. The van der Waals surface area contributed by atoms with E-state index in [1.54, 1.807) is 25.5 Å². The first kappa shape index (κ1) is 27.9. The number of rotatable bonds is 3. The lowest BCUT2D eigenvalue weighted by Gasteiger charge is -2.30. The maximum atomic E-state index is 13.5. The normalized spacial score (nSPS) is 29.7. The topological polar surface area (TPSA) is 177 Å². The van der Waals surface area contributed by atoms with Crippen LogP contribution < -0.4 is 20.5 Å². The Morgan fingerprint density at radius 2 is 1.89 bits per heavy atom. The number of carbonyl (C=O) groups is 4. The van der Waals surface area contributed by atoms with Crippen molar-refractivity contribution in [2.24, 2.45) is 11.1 Å². The number of ether oxygens (including phenoxy) is 1. The minimum absolute atomic E-state index is 0.218. The van der Waals surface area contributed by atoms with Crippen molar-refractivity contribution in [3.63, 3.8) is 0 Å². The number of nitrogens with two attached hydrogens (primary N) is 1. The Morgan fingerprint density at radius 3 is 2.56 bits per heavy atom. The third-order valence-electron chi connectivity index (χ3n) is 6.55.